The van der Waals surface area contributed by atoms with Gasteiger partial charge in [-0.15, -0.1) is 0 Å². The van der Waals surface area contributed by atoms with E-state index in [1.807, 2.05) is 0 Å². The first kappa shape index (κ1) is 7.03. The van der Waals surface area contributed by atoms with Gasteiger partial charge in [0.15, 0.2) is 0 Å². The lowest BCUT2D eigenvalue weighted by molar-refractivity contribution is 0.00697. The number of likely N-dealkylation sites (N-methyl/N-ethyl adjacent to an activating group) is 1. The van der Waals surface area contributed by atoms with E-state index in [9.17, 15) is 0 Å². The fourth-order valence-corrected chi connectivity index (χ4v) is 1.04. The maximum Gasteiger partial charge on any atom is 0.0622 e. The highest BCUT2D eigenvalue weighted by atomic mass is 16.5. The molecule has 0 bridgehead atoms. The average Bonchev–Trinajstić information content (AvgIpc) is 1.89. The Hall–Kier alpha value is -0.0800. The normalized spacial score (nSPS) is 30.7. The van der Waals surface area contributed by atoms with Crippen molar-refractivity contribution in [2.24, 2.45) is 0 Å². The van der Waals surface area contributed by atoms with E-state index in [0.717, 1.165) is 26.2 Å². The number of morpholine rings is 1. The molecule has 0 amide bonds. The molecule has 9 heavy (non-hydrogen) atoms. The quantitative estimate of drug-likeness (QED) is 0.511. The van der Waals surface area contributed by atoms with Crippen molar-refractivity contribution >= 4 is 0 Å². The maximum absolute atomic E-state index is 5.26. The van der Waals surface area contributed by atoms with Crippen LogP contribution in [0.15, 0.2) is 0 Å². The summed E-state index contributed by atoms with van der Waals surface area (Å²) in [5.74, 6) is 0. The Balaban J connectivity index is 2.30. The summed E-state index contributed by atoms with van der Waals surface area (Å²) in [4.78, 5) is 2.30. The molecular formula is C7H14NO. The smallest absolute Gasteiger partial charge is 0.0622 e. The van der Waals surface area contributed by atoms with E-state index in [-0.39, 0.29) is 0 Å². The molecule has 2 nitrogen and oxygen atoms in total. The first-order valence-corrected chi connectivity index (χ1v) is 3.42. The Bertz CT molecular complexity index is 85.0. The van der Waals surface area contributed by atoms with Gasteiger partial charge in [-0.25, -0.2) is 0 Å². The molecule has 1 heterocycles. The second-order valence-electron chi connectivity index (χ2n) is 2.50. The predicted octanol–water partition coefficient (Wildman–Crippen LogP) is 0.541. The zero-order valence-electron chi connectivity index (χ0n) is 5.97. The van der Waals surface area contributed by atoms with Gasteiger partial charge in [-0.1, -0.05) is 6.92 Å². The van der Waals surface area contributed by atoms with Gasteiger partial charge in [0.2, 0.25) is 0 Å². The molecule has 0 saturated carbocycles. The van der Waals surface area contributed by atoms with Crippen LogP contribution in [0.1, 0.15) is 6.42 Å². The summed E-state index contributed by atoms with van der Waals surface area (Å²) in [6.07, 6.45) is 0.955. The third-order valence-electron chi connectivity index (χ3n) is 1.86. The van der Waals surface area contributed by atoms with Crippen LogP contribution >= 0.6 is 0 Å². The lowest BCUT2D eigenvalue weighted by atomic mass is 10.2. The van der Waals surface area contributed by atoms with Crippen LogP contribution in [0.3, 0.4) is 0 Å². The molecule has 1 unspecified atom stereocenters. The molecule has 0 N–H and O–H groups in total. The third-order valence-corrected chi connectivity index (χ3v) is 1.86. The fraction of sp³-hybridized carbons (Fsp3) is 0.857. The zero-order chi connectivity index (χ0) is 6.69. The van der Waals surface area contributed by atoms with Crippen LogP contribution in [0.25, 0.3) is 0 Å². The van der Waals surface area contributed by atoms with Crippen molar-refractivity contribution in [3.63, 3.8) is 0 Å². The first-order valence-electron chi connectivity index (χ1n) is 3.42. The van der Waals surface area contributed by atoms with Gasteiger partial charge in [-0.3, -0.25) is 4.90 Å². The largest absolute Gasteiger partial charge is 0.378 e. The van der Waals surface area contributed by atoms with Gasteiger partial charge in [-0.2, -0.15) is 0 Å². The van der Waals surface area contributed by atoms with E-state index < -0.39 is 0 Å². The van der Waals surface area contributed by atoms with Gasteiger partial charge >= 0.3 is 0 Å². The molecule has 0 aromatic heterocycles. The molecule has 1 saturated heterocycles. The maximum atomic E-state index is 5.26. The Labute approximate surface area is 56.8 Å². The predicted molar refractivity (Wildman–Crippen MR) is 37.2 cm³/mol. The number of ether oxygens (including phenoxy) is 1. The average molecular weight is 128 g/mol. The topological polar surface area (TPSA) is 12.5 Å². The van der Waals surface area contributed by atoms with Crippen molar-refractivity contribution < 1.29 is 4.74 Å². The number of rotatable bonds is 1. The highest BCUT2D eigenvalue weighted by Crippen LogP contribution is 2.05. The molecule has 0 spiro atoms. The van der Waals surface area contributed by atoms with Crippen molar-refractivity contribution in [1.82, 2.24) is 4.90 Å². The van der Waals surface area contributed by atoms with Gasteiger partial charge in [0, 0.05) is 12.6 Å². The van der Waals surface area contributed by atoms with Crippen LogP contribution in [0.5, 0.6) is 0 Å². The molecule has 1 aliphatic heterocycles. The second-order valence-corrected chi connectivity index (χ2v) is 2.50. The summed E-state index contributed by atoms with van der Waals surface area (Å²) >= 11 is 0. The number of hydrogen-bond acceptors (Lipinski definition) is 2. The summed E-state index contributed by atoms with van der Waals surface area (Å²) in [7, 11) is 2.12. The Morgan fingerprint density at radius 3 is 3.00 bits per heavy atom. The Morgan fingerprint density at radius 1 is 1.78 bits per heavy atom. The molecule has 1 radical (unpaired) electrons. The summed E-state index contributed by atoms with van der Waals surface area (Å²) in [6, 6.07) is 0.554. The molecule has 1 aliphatic rings. The molecule has 0 aromatic rings. The van der Waals surface area contributed by atoms with Crippen LogP contribution in [-0.4, -0.2) is 37.7 Å². The molecule has 1 rings (SSSR count). The SMILES string of the molecule is [CH2]CC1COCCN1C. The van der Waals surface area contributed by atoms with Crippen LogP contribution in [0.2, 0.25) is 0 Å². The van der Waals surface area contributed by atoms with E-state index in [1.165, 1.54) is 0 Å². The minimum Gasteiger partial charge on any atom is -0.378 e. The monoisotopic (exact) mass is 128 g/mol. The minimum absolute atomic E-state index is 0.554. The van der Waals surface area contributed by atoms with Crippen LogP contribution in [-0.2, 0) is 4.74 Å². The lowest BCUT2D eigenvalue weighted by Gasteiger charge is -2.31. The van der Waals surface area contributed by atoms with E-state index >= 15 is 0 Å². The van der Waals surface area contributed by atoms with Crippen molar-refractivity contribution in [1.29, 1.82) is 0 Å². The first-order chi connectivity index (χ1) is 4.34. The summed E-state index contributed by atoms with van der Waals surface area (Å²) < 4.78 is 5.26. The van der Waals surface area contributed by atoms with E-state index in [2.05, 4.69) is 18.9 Å². The Kier molecular flexibility index (Phi) is 2.49. The molecule has 53 valence electrons. The molecule has 0 aromatic carbocycles. The summed E-state index contributed by atoms with van der Waals surface area (Å²) in [5, 5.41) is 0. The molecular weight excluding hydrogens is 114 g/mol. The van der Waals surface area contributed by atoms with Crippen molar-refractivity contribution in [3.8, 4) is 0 Å². The highest BCUT2D eigenvalue weighted by molar-refractivity contribution is 4.72. The van der Waals surface area contributed by atoms with Gasteiger partial charge in [-0.05, 0) is 13.5 Å². The van der Waals surface area contributed by atoms with Crippen LogP contribution < -0.4 is 0 Å². The fourth-order valence-electron chi connectivity index (χ4n) is 1.04. The van der Waals surface area contributed by atoms with Gasteiger partial charge < -0.3 is 4.74 Å². The van der Waals surface area contributed by atoms with E-state index in [1.54, 1.807) is 0 Å². The highest BCUT2D eigenvalue weighted by Gasteiger charge is 2.16. The van der Waals surface area contributed by atoms with Gasteiger partial charge in [0.1, 0.15) is 0 Å². The van der Waals surface area contributed by atoms with Crippen molar-refractivity contribution in [2.45, 2.75) is 12.5 Å². The van der Waals surface area contributed by atoms with Crippen molar-refractivity contribution in [2.75, 3.05) is 26.8 Å². The summed E-state index contributed by atoms with van der Waals surface area (Å²) in [5.41, 5.74) is 0. The van der Waals surface area contributed by atoms with E-state index in [0.29, 0.717) is 6.04 Å². The zero-order valence-corrected chi connectivity index (χ0v) is 5.97. The second kappa shape index (κ2) is 3.18. The lowest BCUT2D eigenvalue weighted by Crippen LogP contribution is -2.42. The number of nitrogens with zero attached hydrogens (tertiary/aromatic N) is 1. The van der Waals surface area contributed by atoms with Gasteiger partial charge in [0.25, 0.3) is 0 Å². The molecule has 0 aliphatic carbocycles. The molecule has 1 atom stereocenters. The third kappa shape index (κ3) is 1.66. The minimum atomic E-state index is 0.554. The Morgan fingerprint density at radius 2 is 2.56 bits per heavy atom. The van der Waals surface area contributed by atoms with Crippen LogP contribution in [0.4, 0.5) is 0 Å². The number of hydrogen-bond donors (Lipinski definition) is 0. The molecule has 2 heteroatoms. The molecule has 1 fully saturated rings. The summed E-state index contributed by atoms with van der Waals surface area (Å²) in [6.45, 7) is 6.64. The van der Waals surface area contributed by atoms with E-state index in [4.69, 9.17) is 4.74 Å². The van der Waals surface area contributed by atoms with Gasteiger partial charge in [0.05, 0.1) is 13.2 Å². The van der Waals surface area contributed by atoms with Crippen LogP contribution in [0, 0.1) is 6.92 Å². The van der Waals surface area contributed by atoms with Crippen molar-refractivity contribution in [3.05, 3.63) is 6.92 Å². The standard InChI is InChI=1S/C7H14NO/c1-3-7-6-9-5-4-8(7)2/h7H,1,3-6H2,2H3.